The van der Waals surface area contributed by atoms with E-state index in [4.69, 9.17) is 4.74 Å². The zero-order chi connectivity index (χ0) is 19.1. The first-order valence-electron chi connectivity index (χ1n) is 9.41. The number of hydrogen-bond donors (Lipinski definition) is 2. The molecule has 0 bridgehead atoms. The van der Waals surface area contributed by atoms with Crippen LogP contribution >= 0.6 is 0 Å². The number of carbonyl (C=O) groups is 1. The summed E-state index contributed by atoms with van der Waals surface area (Å²) in [7, 11) is 0. The largest absolute Gasteiger partial charge is 0.379 e. The molecule has 0 radical (unpaired) electrons. The molecule has 0 atom stereocenters. The predicted octanol–water partition coefficient (Wildman–Crippen LogP) is 2.03. The number of carbonyl (C=O) groups excluding carboxylic acids is 1. The van der Waals surface area contributed by atoms with Gasteiger partial charge in [-0.25, -0.2) is 9.97 Å². The molecule has 1 aliphatic heterocycles. The van der Waals surface area contributed by atoms with Crippen molar-refractivity contribution in [2.45, 2.75) is 19.9 Å². The molecule has 1 aromatic carbocycles. The highest BCUT2D eigenvalue weighted by atomic mass is 16.5. The van der Waals surface area contributed by atoms with Gasteiger partial charge in [0.1, 0.15) is 11.5 Å². The summed E-state index contributed by atoms with van der Waals surface area (Å²) in [6, 6.07) is 11.5. The first-order valence-corrected chi connectivity index (χ1v) is 9.41. The minimum absolute atomic E-state index is 0.0466. The summed E-state index contributed by atoms with van der Waals surface area (Å²) in [6.45, 7) is 8.97. The number of aromatic nitrogens is 2. The molecule has 2 N–H and O–H groups in total. The van der Waals surface area contributed by atoms with Gasteiger partial charge >= 0.3 is 0 Å². The summed E-state index contributed by atoms with van der Waals surface area (Å²) in [5.74, 6) is 1.01. The second-order valence-electron chi connectivity index (χ2n) is 6.84. The Morgan fingerprint density at radius 1 is 1.19 bits per heavy atom. The van der Waals surface area contributed by atoms with Crippen LogP contribution in [-0.4, -0.2) is 66.2 Å². The molecular weight excluding hydrogens is 342 g/mol. The molecule has 0 spiro atoms. The Hall–Kier alpha value is -2.51. The molecule has 1 amide bonds. The summed E-state index contributed by atoms with van der Waals surface area (Å²) in [5, 5.41) is 6.23. The SMILES string of the molecule is CC(C)NC(=O)c1cc(NCCN2CCOCC2)nc(-c2ccccc2)n1. The fourth-order valence-electron chi connectivity index (χ4n) is 2.87. The lowest BCUT2D eigenvalue weighted by molar-refractivity contribution is 0.0398. The molecule has 0 aliphatic carbocycles. The highest BCUT2D eigenvalue weighted by Crippen LogP contribution is 2.18. The van der Waals surface area contributed by atoms with Gasteiger partial charge in [-0.2, -0.15) is 0 Å². The third kappa shape index (κ3) is 5.74. The third-order valence-electron chi connectivity index (χ3n) is 4.25. The van der Waals surface area contributed by atoms with E-state index in [1.54, 1.807) is 6.07 Å². The van der Waals surface area contributed by atoms with Gasteiger partial charge < -0.3 is 15.4 Å². The van der Waals surface area contributed by atoms with Crippen molar-refractivity contribution in [1.82, 2.24) is 20.2 Å². The van der Waals surface area contributed by atoms with Gasteiger partial charge in [-0.05, 0) is 13.8 Å². The predicted molar refractivity (Wildman–Crippen MR) is 106 cm³/mol. The number of rotatable bonds is 7. The number of benzene rings is 1. The maximum Gasteiger partial charge on any atom is 0.270 e. The van der Waals surface area contributed by atoms with Gasteiger partial charge in [0.15, 0.2) is 5.82 Å². The van der Waals surface area contributed by atoms with E-state index in [0.29, 0.717) is 17.3 Å². The molecule has 1 aromatic heterocycles. The fraction of sp³-hybridized carbons (Fsp3) is 0.450. The lowest BCUT2D eigenvalue weighted by Gasteiger charge is -2.26. The van der Waals surface area contributed by atoms with E-state index in [2.05, 4.69) is 25.5 Å². The Bertz CT molecular complexity index is 745. The van der Waals surface area contributed by atoms with E-state index in [1.807, 2.05) is 44.2 Å². The van der Waals surface area contributed by atoms with Crippen molar-refractivity contribution >= 4 is 11.7 Å². The maximum atomic E-state index is 12.5. The first-order chi connectivity index (χ1) is 13.1. The number of amides is 1. The molecular formula is C20H27N5O2. The quantitative estimate of drug-likeness (QED) is 0.777. The molecule has 1 fully saturated rings. The lowest BCUT2D eigenvalue weighted by Crippen LogP contribution is -2.39. The molecule has 7 nitrogen and oxygen atoms in total. The highest BCUT2D eigenvalue weighted by molar-refractivity contribution is 5.93. The average molecular weight is 369 g/mol. The van der Waals surface area contributed by atoms with E-state index in [-0.39, 0.29) is 11.9 Å². The highest BCUT2D eigenvalue weighted by Gasteiger charge is 2.14. The number of ether oxygens (including phenoxy) is 1. The van der Waals surface area contributed by atoms with E-state index in [0.717, 1.165) is 45.0 Å². The van der Waals surface area contributed by atoms with E-state index >= 15 is 0 Å². The summed E-state index contributed by atoms with van der Waals surface area (Å²) in [6.07, 6.45) is 0. The fourth-order valence-corrected chi connectivity index (χ4v) is 2.87. The third-order valence-corrected chi connectivity index (χ3v) is 4.25. The Morgan fingerprint density at radius 2 is 1.93 bits per heavy atom. The van der Waals surface area contributed by atoms with E-state index in [9.17, 15) is 4.79 Å². The van der Waals surface area contributed by atoms with Gasteiger partial charge in [0, 0.05) is 43.9 Å². The van der Waals surface area contributed by atoms with Gasteiger partial charge in [0.25, 0.3) is 5.91 Å². The van der Waals surface area contributed by atoms with Crippen molar-refractivity contribution in [1.29, 1.82) is 0 Å². The van der Waals surface area contributed by atoms with Crippen LogP contribution in [0.1, 0.15) is 24.3 Å². The summed E-state index contributed by atoms with van der Waals surface area (Å²) in [4.78, 5) is 23.9. The molecule has 1 saturated heterocycles. The second kappa shape index (κ2) is 9.43. The van der Waals surface area contributed by atoms with Gasteiger partial charge in [-0.3, -0.25) is 9.69 Å². The van der Waals surface area contributed by atoms with Crippen LogP contribution < -0.4 is 10.6 Å². The molecule has 2 aromatic rings. The molecule has 0 saturated carbocycles. The number of morpholine rings is 1. The standard InChI is InChI=1S/C20H27N5O2/c1-15(2)22-20(26)17-14-18(21-8-9-25-10-12-27-13-11-25)24-19(23-17)16-6-4-3-5-7-16/h3-7,14-15H,8-13H2,1-2H3,(H,22,26)(H,21,23,24). The number of nitrogens with zero attached hydrogens (tertiary/aromatic N) is 3. The van der Waals surface area contributed by atoms with Crippen LogP contribution in [0.15, 0.2) is 36.4 Å². The van der Waals surface area contributed by atoms with Crippen LogP contribution in [0.3, 0.4) is 0 Å². The summed E-state index contributed by atoms with van der Waals surface area (Å²) < 4.78 is 5.38. The minimum Gasteiger partial charge on any atom is -0.379 e. The van der Waals surface area contributed by atoms with Crippen molar-refractivity contribution in [3.05, 3.63) is 42.1 Å². The molecule has 27 heavy (non-hydrogen) atoms. The van der Waals surface area contributed by atoms with Gasteiger partial charge in [-0.15, -0.1) is 0 Å². The number of nitrogens with one attached hydrogen (secondary N) is 2. The Morgan fingerprint density at radius 3 is 2.63 bits per heavy atom. The van der Waals surface area contributed by atoms with Crippen LogP contribution in [0.2, 0.25) is 0 Å². The Balaban J connectivity index is 1.75. The Kier molecular flexibility index (Phi) is 6.73. The monoisotopic (exact) mass is 369 g/mol. The summed E-state index contributed by atoms with van der Waals surface area (Å²) in [5.41, 5.74) is 1.25. The van der Waals surface area contributed by atoms with E-state index in [1.165, 1.54) is 0 Å². The second-order valence-corrected chi connectivity index (χ2v) is 6.84. The number of hydrogen-bond acceptors (Lipinski definition) is 6. The topological polar surface area (TPSA) is 79.4 Å². The van der Waals surface area contributed by atoms with Crippen molar-refractivity contribution < 1.29 is 9.53 Å². The smallest absolute Gasteiger partial charge is 0.270 e. The van der Waals surface area contributed by atoms with Crippen LogP contribution in [0.25, 0.3) is 11.4 Å². The zero-order valence-corrected chi connectivity index (χ0v) is 15.9. The van der Waals surface area contributed by atoms with E-state index < -0.39 is 0 Å². The molecule has 3 rings (SSSR count). The van der Waals surface area contributed by atoms with Gasteiger partial charge in [-0.1, -0.05) is 30.3 Å². The molecule has 7 heteroatoms. The van der Waals surface area contributed by atoms with Crippen LogP contribution in [0.4, 0.5) is 5.82 Å². The Labute approximate surface area is 160 Å². The van der Waals surface area contributed by atoms with Gasteiger partial charge in [0.2, 0.25) is 0 Å². The minimum atomic E-state index is -0.194. The van der Waals surface area contributed by atoms with Crippen molar-refractivity contribution in [2.75, 3.05) is 44.7 Å². The van der Waals surface area contributed by atoms with Gasteiger partial charge in [0.05, 0.1) is 13.2 Å². The average Bonchev–Trinajstić information content (AvgIpc) is 2.69. The van der Waals surface area contributed by atoms with Crippen molar-refractivity contribution in [3.8, 4) is 11.4 Å². The van der Waals surface area contributed by atoms with Crippen LogP contribution in [-0.2, 0) is 4.74 Å². The van der Waals surface area contributed by atoms with Crippen LogP contribution in [0, 0.1) is 0 Å². The first kappa shape index (κ1) is 19.3. The van der Waals surface area contributed by atoms with Crippen molar-refractivity contribution in [3.63, 3.8) is 0 Å². The molecule has 144 valence electrons. The molecule has 2 heterocycles. The summed E-state index contributed by atoms with van der Waals surface area (Å²) >= 11 is 0. The lowest BCUT2D eigenvalue weighted by atomic mass is 10.2. The molecule has 1 aliphatic rings. The molecule has 0 unspecified atom stereocenters. The maximum absolute atomic E-state index is 12.5. The zero-order valence-electron chi connectivity index (χ0n) is 15.9. The normalized spacial score (nSPS) is 14.9. The van der Waals surface area contributed by atoms with Crippen molar-refractivity contribution in [2.24, 2.45) is 0 Å². The van der Waals surface area contributed by atoms with Crippen LogP contribution in [0.5, 0.6) is 0 Å². The number of anilines is 1.